The van der Waals surface area contributed by atoms with Gasteiger partial charge in [-0.3, -0.25) is 9.59 Å². The second-order valence-electron chi connectivity index (χ2n) is 3.86. The van der Waals surface area contributed by atoms with Crippen LogP contribution < -0.4 is 5.73 Å². The molecular weight excluding hydrogens is 250 g/mol. The number of esters is 1. The van der Waals surface area contributed by atoms with Crippen molar-refractivity contribution >= 4 is 17.7 Å². The fraction of sp³-hybridized carbons (Fsp3) is 0.308. The van der Waals surface area contributed by atoms with E-state index in [0.29, 0.717) is 5.56 Å². The highest BCUT2D eigenvalue weighted by Gasteiger charge is 2.24. The minimum Gasteiger partial charge on any atom is -0.478 e. The lowest BCUT2D eigenvalue weighted by Crippen LogP contribution is -2.21. The molecule has 0 radical (unpaired) electrons. The van der Waals surface area contributed by atoms with Gasteiger partial charge in [-0.1, -0.05) is 30.3 Å². The molecule has 0 amide bonds. The molecule has 0 aliphatic heterocycles. The molecule has 1 unspecified atom stereocenters. The molecule has 0 bridgehead atoms. The summed E-state index contributed by atoms with van der Waals surface area (Å²) >= 11 is 0. The van der Waals surface area contributed by atoms with Crippen molar-refractivity contribution in [2.45, 2.75) is 18.9 Å². The largest absolute Gasteiger partial charge is 0.478 e. The standard InChI is InChI=1S/C13H15NO5/c14-8-10(15)6-7-11(16)19-12(13(17)18)9-4-2-1-3-5-9/h1-5,12H,6-8,14H2,(H,17,18). The number of ether oxygens (including phenoxy) is 1. The Morgan fingerprint density at radius 2 is 1.79 bits per heavy atom. The third-order valence-corrected chi connectivity index (χ3v) is 2.41. The van der Waals surface area contributed by atoms with Gasteiger partial charge in [-0.2, -0.15) is 0 Å². The zero-order chi connectivity index (χ0) is 14.3. The predicted octanol–water partition coefficient (Wildman–Crippen LogP) is 0.663. The van der Waals surface area contributed by atoms with E-state index in [2.05, 4.69) is 0 Å². The number of carbonyl (C=O) groups excluding carboxylic acids is 2. The summed E-state index contributed by atoms with van der Waals surface area (Å²) in [7, 11) is 0. The van der Waals surface area contributed by atoms with Crippen LogP contribution in [0.15, 0.2) is 30.3 Å². The zero-order valence-electron chi connectivity index (χ0n) is 10.2. The van der Waals surface area contributed by atoms with Crippen molar-refractivity contribution in [3.8, 4) is 0 Å². The minimum absolute atomic E-state index is 0.0452. The van der Waals surface area contributed by atoms with E-state index >= 15 is 0 Å². The summed E-state index contributed by atoms with van der Waals surface area (Å²) in [5.74, 6) is -2.27. The summed E-state index contributed by atoms with van der Waals surface area (Å²) in [6.45, 7) is -0.145. The monoisotopic (exact) mass is 265 g/mol. The number of benzene rings is 1. The maximum absolute atomic E-state index is 11.5. The molecule has 19 heavy (non-hydrogen) atoms. The highest BCUT2D eigenvalue weighted by molar-refractivity contribution is 5.85. The fourth-order valence-corrected chi connectivity index (χ4v) is 1.42. The van der Waals surface area contributed by atoms with E-state index in [-0.39, 0.29) is 25.2 Å². The molecular formula is C13H15NO5. The molecule has 0 fully saturated rings. The van der Waals surface area contributed by atoms with Gasteiger partial charge in [0.15, 0.2) is 0 Å². The molecule has 3 N–H and O–H groups in total. The number of carbonyl (C=O) groups is 3. The van der Waals surface area contributed by atoms with Crippen LogP contribution in [0.25, 0.3) is 0 Å². The number of rotatable bonds is 7. The number of aliphatic carboxylic acids is 1. The number of hydrogen-bond acceptors (Lipinski definition) is 5. The van der Waals surface area contributed by atoms with Crippen LogP contribution >= 0.6 is 0 Å². The number of nitrogens with two attached hydrogens (primary N) is 1. The van der Waals surface area contributed by atoms with Gasteiger partial charge in [0.2, 0.25) is 6.10 Å². The van der Waals surface area contributed by atoms with E-state index < -0.39 is 18.0 Å². The fourth-order valence-electron chi connectivity index (χ4n) is 1.42. The van der Waals surface area contributed by atoms with E-state index in [1.54, 1.807) is 30.3 Å². The Morgan fingerprint density at radius 1 is 1.16 bits per heavy atom. The lowest BCUT2D eigenvalue weighted by Gasteiger charge is -2.13. The molecule has 0 saturated carbocycles. The Labute approximate surface area is 110 Å². The van der Waals surface area contributed by atoms with E-state index in [4.69, 9.17) is 15.6 Å². The average molecular weight is 265 g/mol. The van der Waals surface area contributed by atoms with E-state index in [0.717, 1.165) is 0 Å². The van der Waals surface area contributed by atoms with Gasteiger partial charge in [0.1, 0.15) is 5.78 Å². The van der Waals surface area contributed by atoms with Crippen LogP contribution in [-0.2, 0) is 19.1 Å². The van der Waals surface area contributed by atoms with Crippen LogP contribution in [0.2, 0.25) is 0 Å². The number of ketones is 1. The lowest BCUT2D eigenvalue weighted by atomic mass is 10.1. The third kappa shape index (κ3) is 4.89. The molecule has 1 aromatic carbocycles. The summed E-state index contributed by atoms with van der Waals surface area (Å²) in [5.41, 5.74) is 5.47. The van der Waals surface area contributed by atoms with Gasteiger partial charge in [-0.15, -0.1) is 0 Å². The van der Waals surface area contributed by atoms with Crippen LogP contribution in [0, 0.1) is 0 Å². The van der Waals surface area contributed by atoms with Gasteiger partial charge in [-0.05, 0) is 0 Å². The maximum Gasteiger partial charge on any atom is 0.349 e. The smallest absolute Gasteiger partial charge is 0.349 e. The van der Waals surface area contributed by atoms with Gasteiger partial charge in [0.05, 0.1) is 13.0 Å². The first kappa shape index (κ1) is 14.8. The van der Waals surface area contributed by atoms with Gasteiger partial charge in [-0.25, -0.2) is 4.79 Å². The second kappa shape index (κ2) is 7.27. The molecule has 0 spiro atoms. The predicted molar refractivity (Wildman–Crippen MR) is 66.2 cm³/mol. The Bertz CT molecular complexity index is 457. The highest BCUT2D eigenvalue weighted by atomic mass is 16.6. The summed E-state index contributed by atoms with van der Waals surface area (Å²) < 4.78 is 4.86. The van der Waals surface area contributed by atoms with Gasteiger partial charge in [0.25, 0.3) is 0 Å². The van der Waals surface area contributed by atoms with Crippen LogP contribution in [-0.4, -0.2) is 29.4 Å². The van der Waals surface area contributed by atoms with Crippen molar-refractivity contribution < 1.29 is 24.2 Å². The average Bonchev–Trinajstić information content (AvgIpc) is 2.42. The van der Waals surface area contributed by atoms with Crippen LogP contribution in [0.5, 0.6) is 0 Å². The molecule has 6 heteroatoms. The van der Waals surface area contributed by atoms with Crippen molar-refractivity contribution in [1.82, 2.24) is 0 Å². The first-order chi connectivity index (χ1) is 9.04. The van der Waals surface area contributed by atoms with E-state index in [1.165, 1.54) is 0 Å². The normalized spacial score (nSPS) is 11.6. The third-order valence-electron chi connectivity index (χ3n) is 2.41. The van der Waals surface area contributed by atoms with Crippen LogP contribution in [0.4, 0.5) is 0 Å². The number of hydrogen-bond donors (Lipinski definition) is 2. The topological polar surface area (TPSA) is 107 Å². The van der Waals surface area contributed by atoms with Gasteiger partial charge < -0.3 is 15.6 Å². The van der Waals surface area contributed by atoms with Gasteiger partial charge >= 0.3 is 11.9 Å². The summed E-state index contributed by atoms with van der Waals surface area (Å²) in [6, 6.07) is 8.13. The number of carboxylic acids is 1. The highest BCUT2D eigenvalue weighted by Crippen LogP contribution is 2.18. The molecule has 0 aliphatic rings. The van der Waals surface area contributed by atoms with E-state index in [1.807, 2.05) is 0 Å². The minimum atomic E-state index is -1.36. The summed E-state index contributed by atoms with van der Waals surface area (Å²) in [4.78, 5) is 33.5. The molecule has 1 atom stereocenters. The van der Waals surface area contributed by atoms with E-state index in [9.17, 15) is 14.4 Å². The Hall–Kier alpha value is -2.21. The Morgan fingerprint density at radius 3 is 2.32 bits per heavy atom. The van der Waals surface area contributed by atoms with Crippen LogP contribution in [0.1, 0.15) is 24.5 Å². The molecule has 0 aliphatic carbocycles. The Kier molecular flexibility index (Phi) is 5.69. The van der Waals surface area contributed by atoms with Crippen molar-refractivity contribution in [3.05, 3.63) is 35.9 Å². The van der Waals surface area contributed by atoms with Gasteiger partial charge in [0, 0.05) is 12.0 Å². The second-order valence-corrected chi connectivity index (χ2v) is 3.86. The lowest BCUT2D eigenvalue weighted by molar-refractivity contribution is -0.164. The maximum atomic E-state index is 11.5. The van der Waals surface area contributed by atoms with Crippen LogP contribution in [0.3, 0.4) is 0 Å². The molecule has 0 heterocycles. The summed E-state index contributed by atoms with van der Waals surface area (Å²) in [5, 5.41) is 9.03. The van der Waals surface area contributed by atoms with Crippen molar-refractivity contribution in [2.24, 2.45) is 5.73 Å². The Balaban J connectivity index is 2.62. The van der Waals surface area contributed by atoms with Crippen molar-refractivity contribution in [3.63, 3.8) is 0 Å². The van der Waals surface area contributed by atoms with Crippen molar-refractivity contribution in [1.29, 1.82) is 0 Å². The number of carboxylic acid groups (broad SMARTS) is 1. The first-order valence-corrected chi connectivity index (χ1v) is 5.73. The molecule has 1 rings (SSSR count). The first-order valence-electron chi connectivity index (χ1n) is 5.73. The number of Topliss-reactive ketones (excluding diaryl/α,β-unsaturated/α-hetero) is 1. The molecule has 1 aromatic rings. The molecule has 0 saturated heterocycles. The van der Waals surface area contributed by atoms with Crippen molar-refractivity contribution in [2.75, 3.05) is 6.54 Å². The zero-order valence-corrected chi connectivity index (χ0v) is 10.2. The molecule has 102 valence electrons. The summed E-state index contributed by atoms with van der Waals surface area (Å²) in [6.07, 6.45) is -1.58. The SMILES string of the molecule is NCC(=O)CCC(=O)OC(C(=O)O)c1ccccc1. The quantitative estimate of drug-likeness (QED) is 0.701. The molecule has 6 nitrogen and oxygen atoms in total. The molecule has 0 aromatic heterocycles.